The second-order valence-corrected chi connectivity index (χ2v) is 10.9. The first kappa shape index (κ1) is 26.5. The van der Waals surface area contributed by atoms with Gasteiger partial charge in [-0.05, 0) is 72.4 Å². The predicted octanol–water partition coefficient (Wildman–Crippen LogP) is 9.55. The van der Waals surface area contributed by atoms with E-state index in [1.807, 2.05) is 43.3 Å². The average Bonchev–Trinajstić information content (AvgIpc) is 3.47. The number of nitrogens with one attached hydrogen (secondary N) is 1. The van der Waals surface area contributed by atoms with Gasteiger partial charge < -0.3 is 14.8 Å². The summed E-state index contributed by atoms with van der Waals surface area (Å²) in [6, 6.07) is 28.7. The number of hydrogen-bond acceptors (Lipinski definition) is 4. The van der Waals surface area contributed by atoms with E-state index in [1.165, 1.54) is 16.8 Å². The van der Waals surface area contributed by atoms with E-state index in [2.05, 4.69) is 66.0 Å². The van der Waals surface area contributed by atoms with Crippen molar-refractivity contribution >= 4 is 40.8 Å². The molecule has 1 N–H and O–H groups in total. The fraction of sp³-hybridized carbons (Fsp3) is 0.206. The standard InChI is InChI=1S/C34H30Cl2N2O2/c1-2-39-32-19-22(18-30(36)34(32)40-21-24-8-3-5-12-29(24)35)20-37-25-16-14-23(15-17-25)33-28-11-7-10-26(28)27-9-4-6-13-31(27)38-33/h3-10,12-20,26,28,33,38H,2,11,21H2,1H3/t26-,28-,33-/m0/s1. The highest BCUT2D eigenvalue weighted by Crippen LogP contribution is 2.49. The van der Waals surface area contributed by atoms with Gasteiger partial charge in [-0.25, -0.2) is 0 Å². The van der Waals surface area contributed by atoms with Gasteiger partial charge in [-0.1, -0.05) is 83.9 Å². The monoisotopic (exact) mass is 568 g/mol. The van der Waals surface area contributed by atoms with Crippen LogP contribution in [0.2, 0.25) is 10.0 Å². The molecular weight excluding hydrogens is 539 g/mol. The van der Waals surface area contributed by atoms with Crippen LogP contribution in [0.1, 0.15) is 47.6 Å². The smallest absolute Gasteiger partial charge is 0.180 e. The molecular formula is C34H30Cl2N2O2. The van der Waals surface area contributed by atoms with Crippen molar-refractivity contribution in [2.45, 2.75) is 31.9 Å². The van der Waals surface area contributed by atoms with E-state index in [4.69, 9.17) is 37.7 Å². The first-order valence-electron chi connectivity index (χ1n) is 13.6. The lowest BCUT2D eigenvalue weighted by Gasteiger charge is -2.37. The number of ether oxygens (including phenoxy) is 2. The molecule has 0 amide bonds. The fourth-order valence-electron chi connectivity index (χ4n) is 5.62. The summed E-state index contributed by atoms with van der Waals surface area (Å²) in [6.45, 7) is 2.70. The van der Waals surface area contributed by atoms with E-state index >= 15 is 0 Å². The van der Waals surface area contributed by atoms with Crippen molar-refractivity contribution in [1.29, 1.82) is 0 Å². The lowest BCUT2D eigenvalue weighted by atomic mass is 9.77. The number of anilines is 1. The molecule has 4 aromatic carbocycles. The highest BCUT2D eigenvalue weighted by atomic mass is 35.5. The molecule has 0 fully saturated rings. The molecule has 4 nitrogen and oxygen atoms in total. The number of benzene rings is 4. The zero-order chi connectivity index (χ0) is 27.5. The normalized spacial score (nSPS) is 19.2. The zero-order valence-corrected chi connectivity index (χ0v) is 23.7. The molecule has 2 aliphatic rings. The average molecular weight is 570 g/mol. The third-order valence-electron chi connectivity index (χ3n) is 7.55. The maximum atomic E-state index is 6.63. The molecule has 0 aromatic heterocycles. The van der Waals surface area contributed by atoms with Gasteiger partial charge in [-0.15, -0.1) is 0 Å². The van der Waals surface area contributed by atoms with E-state index in [0.29, 0.717) is 46.6 Å². The minimum atomic E-state index is 0.263. The Morgan fingerprint density at radius 3 is 2.55 bits per heavy atom. The van der Waals surface area contributed by atoms with Gasteiger partial charge in [0.05, 0.1) is 23.4 Å². The fourth-order valence-corrected chi connectivity index (χ4v) is 6.09. The van der Waals surface area contributed by atoms with Crippen LogP contribution in [-0.4, -0.2) is 12.8 Å². The molecule has 1 heterocycles. The van der Waals surface area contributed by atoms with Crippen LogP contribution < -0.4 is 14.8 Å². The van der Waals surface area contributed by atoms with Crippen LogP contribution in [-0.2, 0) is 6.61 Å². The lowest BCUT2D eigenvalue weighted by Crippen LogP contribution is -2.28. The molecule has 0 unspecified atom stereocenters. The Labute approximate surface area is 245 Å². The third-order valence-corrected chi connectivity index (χ3v) is 8.20. The Bertz CT molecular complexity index is 1560. The Hall–Kier alpha value is -3.73. The SMILES string of the molecule is CCOc1cc(C=Nc2ccc([C@@H]3Nc4ccccc4[C@@H]4C=CC[C@@H]43)cc2)cc(Cl)c1OCc1ccccc1Cl. The molecule has 0 bridgehead atoms. The van der Waals surface area contributed by atoms with Crippen molar-refractivity contribution in [1.82, 2.24) is 0 Å². The number of aliphatic imine (C=N–C) groups is 1. The van der Waals surface area contributed by atoms with Crippen LogP contribution in [0.5, 0.6) is 11.5 Å². The first-order valence-corrected chi connectivity index (χ1v) is 14.3. The predicted molar refractivity (Wildman–Crippen MR) is 165 cm³/mol. The molecule has 4 aromatic rings. The van der Waals surface area contributed by atoms with E-state index in [9.17, 15) is 0 Å². The van der Waals surface area contributed by atoms with E-state index in [0.717, 1.165) is 23.2 Å². The Morgan fingerprint density at radius 1 is 0.925 bits per heavy atom. The van der Waals surface area contributed by atoms with Crippen molar-refractivity contribution in [3.8, 4) is 11.5 Å². The van der Waals surface area contributed by atoms with Crippen LogP contribution in [0.4, 0.5) is 11.4 Å². The molecule has 202 valence electrons. The Kier molecular flexibility index (Phi) is 7.81. The van der Waals surface area contributed by atoms with Crippen LogP contribution in [0.3, 0.4) is 0 Å². The molecule has 6 heteroatoms. The first-order chi connectivity index (χ1) is 19.6. The van der Waals surface area contributed by atoms with Gasteiger partial charge in [0.15, 0.2) is 11.5 Å². The summed E-state index contributed by atoms with van der Waals surface area (Å²) in [5, 5.41) is 4.89. The molecule has 0 spiro atoms. The molecule has 1 aliphatic carbocycles. The van der Waals surface area contributed by atoms with Crippen molar-refractivity contribution in [3.63, 3.8) is 0 Å². The highest BCUT2D eigenvalue weighted by Gasteiger charge is 2.37. The van der Waals surface area contributed by atoms with Gasteiger partial charge in [0.25, 0.3) is 0 Å². The largest absolute Gasteiger partial charge is 0.490 e. The molecule has 40 heavy (non-hydrogen) atoms. The number of para-hydroxylation sites is 1. The molecule has 0 radical (unpaired) electrons. The van der Waals surface area contributed by atoms with Gasteiger partial charge in [-0.2, -0.15) is 0 Å². The van der Waals surface area contributed by atoms with Crippen LogP contribution in [0.25, 0.3) is 0 Å². The number of nitrogens with zero attached hydrogens (tertiary/aromatic N) is 1. The number of allylic oxidation sites excluding steroid dienone is 2. The molecule has 0 saturated heterocycles. The van der Waals surface area contributed by atoms with Crippen LogP contribution in [0.15, 0.2) is 102 Å². The van der Waals surface area contributed by atoms with Crippen LogP contribution in [0, 0.1) is 5.92 Å². The quantitative estimate of drug-likeness (QED) is 0.170. The van der Waals surface area contributed by atoms with Gasteiger partial charge >= 0.3 is 0 Å². The summed E-state index contributed by atoms with van der Waals surface area (Å²) >= 11 is 12.9. The summed E-state index contributed by atoms with van der Waals surface area (Å²) in [5.41, 5.74) is 6.47. The maximum absolute atomic E-state index is 6.63. The summed E-state index contributed by atoms with van der Waals surface area (Å²) < 4.78 is 11.9. The van der Waals surface area contributed by atoms with Crippen LogP contribution >= 0.6 is 23.2 Å². The highest BCUT2D eigenvalue weighted by molar-refractivity contribution is 6.32. The molecule has 6 rings (SSSR count). The topological polar surface area (TPSA) is 42.8 Å². The van der Waals surface area contributed by atoms with E-state index in [-0.39, 0.29) is 6.04 Å². The van der Waals surface area contributed by atoms with E-state index < -0.39 is 0 Å². The van der Waals surface area contributed by atoms with E-state index in [1.54, 1.807) is 6.21 Å². The van der Waals surface area contributed by atoms with Gasteiger partial charge in [0, 0.05) is 28.4 Å². The number of hydrogen-bond donors (Lipinski definition) is 1. The Morgan fingerprint density at radius 2 is 1.73 bits per heavy atom. The zero-order valence-electron chi connectivity index (χ0n) is 22.2. The number of halogens is 2. The molecule has 0 saturated carbocycles. The number of fused-ring (bicyclic) bond motifs is 3. The summed E-state index contributed by atoms with van der Waals surface area (Å²) in [7, 11) is 0. The van der Waals surface area contributed by atoms with Crippen molar-refractivity contribution in [2.24, 2.45) is 10.9 Å². The second kappa shape index (κ2) is 11.8. The summed E-state index contributed by atoms with van der Waals surface area (Å²) in [4.78, 5) is 4.71. The lowest BCUT2D eigenvalue weighted by molar-refractivity contribution is 0.269. The van der Waals surface area contributed by atoms with Crippen molar-refractivity contribution in [2.75, 3.05) is 11.9 Å². The Balaban J connectivity index is 1.18. The number of rotatable bonds is 8. The van der Waals surface area contributed by atoms with Crippen molar-refractivity contribution < 1.29 is 9.47 Å². The van der Waals surface area contributed by atoms with Gasteiger partial charge in [0.1, 0.15) is 6.61 Å². The van der Waals surface area contributed by atoms with Gasteiger partial charge in [-0.3, -0.25) is 4.99 Å². The van der Waals surface area contributed by atoms with Crippen molar-refractivity contribution in [3.05, 3.63) is 129 Å². The second-order valence-electron chi connectivity index (χ2n) is 10.1. The minimum Gasteiger partial charge on any atom is -0.490 e. The summed E-state index contributed by atoms with van der Waals surface area (Å²) in [6.07, 6.45) is 7.56. The minimum absolute atomic E-state index is 0.263. The maximum Gasteiger partial charge on any atom is 0.180 e. The molecule has 3 atom stereocenters. The third kappa shape index (κ3) is 5.47. The molecule has 1 aliphatic heterocycles. The van der Waals surface area contributed by atoms with Gasteiger partial charge in [0.2, 0.25) is 0 Å². The summed E-state index contributed by atoms with van der Waals surface area (Å²) in [5.74, 6) is 2.04.